The third-order valence-corrected chi connectivity index (χ3v) is 4.74. The van der Waals surface area contributed by atoms with Gasteiger partial charge in [0, 0.05) is 30.3 Å². The van der Waals surface area contributed by atoms with Gasteiger partial charge in [-0.1, -0.05) is 6.92 Å². The van der Waals surface area contributed by atoms with E-state index in [1.807, 2.05) is 36.4 Å². The average molecular weight is 339 g/mol. The molecule has 0 aliphatic heterocycles. The quantitative estimate of drug-likeness (QED) is 0.612. The second-order valence-corrected chi connectivity index (χ2v) is 6.48. The molecule has 1 aromatic heterocycles. The summed E-state index contributed by atoms with van der Waals surface area (Å²) >= 11 is 0. The molecule has 1 fully saturated rings. The van der Waals surface area contributed by atoms with Crippen LogP contribution in [0.1, 0.15) is 55.0 Å². The number of carbonyl (C=O) groups is 1. The first-order chi connectivity index (χ1) is 12.1. The number of hydrazone groups is 1. The van der Waals surface area contributed by atoms with Crippen molar-refractivity contribution in [3.8, 4) is 0 Å². The van der Waals surface area contributed by atoms with Crippen molar-refractivity contribution in [3.63, 3.8) is 0 Å². The highest BCUT2D eigenvalue weighted by Crippen LogP contribution is 2.47. The highest BCUT2D eigenvalue weighted by Gasteiger charge is 2.36. The third kappa shape index (κ3) is 4.10. The minimum Gasteiger partial charge on any atom is -0.460 e. The summed E-state index contributed by atoms with van der Waals surface area (Å²) < 4.78 is 5.73. The molecule has 1 heterocycles. The van der Waals surface area contributed by atoms with Crippen molar-refractivity contribution in [3.05, 3.63) is 53.5 Å². The van der Waals surface area contributed by atoms with Crippen LogP contribution < -0.4 is 10.3 Å². The first-order valence-electron chi connectivity index (χ1n) is 8.90. The largest absolute Gasteiger partial charge is 0.460 e. The molecule has 5 heteroatoms. The highest BCUT2D eigenvalue weighted by atomic mass is 16.3. The van der Waals surface area contributed by atoms with Gasteiger partial charge in [-0.3, -0.25) is 4.79 Å². The Morgan fingerprint density at radius 2 is 1.92 bits per heavy atom. The van der Waals surface area contributed by atoms with Crippen LogP contribution in [-0.4, -0.2) is 25.2 Å². The fourth-order valence-electron chi connectivity index (χ4n) is 2.99. The van der Waals surface area contributed by atoms with E-state index in [1.54, 1.807) is 6.21 Å². The van der Waals surface area contributed by atoms with Gasteiger partial charge < -0.3 is 9.32 Å². The number of benzene rings is 1. The molecule has 1 N–H and O–H groups in total. The van der Waals surface area contributed by atoms with Crippen LogP contribution in [0.2, 0.25) is 0 Å². The molecule has 1 aliphatic carbocycles. The van der Waals surface area contributed by atoms with Crippen molar-refractivity contribution < 1.29 is 9.21 Å². The molecule has 0 radical (unpaired) electrons. The lowest BCUT2D eigenvalue weighted by Gasteiger charge is -2.20. The SMILES string of the molecule is CCN(CC)c1ccc(C(=O)N/N=C\c2ccc([C@@H]3C[C@H]3C)o2)cc1. The number of hydrogen-bond donors (Lipinski definition) is 1. The zero-order valence-electron chi connectivity index (χ0n) is 15.0. The van der Waals surface area contributed by atoms with Gasteiger partial charge in [-0.15, -0.1) is 0 Å². The van der Waals surface area contributed by atoms with Crippen molar-refractivity contribution in [2.24, 2.45) is 11.0 Å². The topological polar surface area (TPSA) is 57.8 Å². The lowest BCUT2D eigenvalue weighted by Crippen LogP contribution is -2.22. The summed E-state index contributed by atoms with van der Waals surface area (Å²) in [4.78, 5) is 14.4. The van der Waals surface area contributed by atoms with Crippen LogP contribution in [-0.2, 0) is 0 Å². The smallest absolute Gasteiger partial charge is 0.271 e. The van der Waals surface area contributed by atoms with Gasteiger partial charge in [0.05, 0.1) is 6.21 Å². The summed E-state index contributed by atoms with van der Waals surface area (Å²) in [6.07, 6.45) is 2.73. The summed E-state index contributed by atoms with van der Waals surface area (Å²) in [7, 11) is 0. The maximum atomic E-state index is 12.2. The van der Waals surface area contributed by atoms with E-state index in [2.05, 4.69) is 36.2 Å². The number of nitrogens with zero attached hydrogens (tertiary/aromatic N) is 2. The van der Waals surface area contributed by atoms with E-state index in [1.165, 1.54) is 6.42 Å². The number of rotatable bonds is 7. The molecule has 1 amide bonds. The van der Waals surface area contributed by atoms with Gasteiger partial charge in [0.25, 0.3) is 5.91 Å². The maximum Gasteiger partial charge on any atom is 0.271 e. The van der Waals surface area contributed by atoms with E-state index in [9.17, 15) is 4.79 Å². The monoisotopic (exact) mass is 339 g/mol. The summed E-state index contributed by atoms with van der Waals surface area (Å²) in [6, 6.07) is 11.4. The van der Waals surface area contributed by atoms with Crippen molar-refractivity contribution in [2.45, 2.75) is 33.1 Å². The third-order valence-electron chi connectivity index (χ3n) is 4.74. The summed E-state index contributed by atoms with van der Waals surface area (Å²) in [5.74, 6) is 2.68. The summed E-state index contributed by atoms with van der Waals surface area (Å²) in [6.45, 7) is 8.33. The Kier molecular flexibility index (Phi) is 5.22. The van der Waals surface area contributed by atoms with Gasteiger partial charge in [-0.05, 0) is 62.6 Å². The molecule has 0 spiro atoms. The van der Waals surface area contributed by atoms with E-state index < -0.39 is 0 Å². The zero-order chi connectivity index (χ0) is 17.8. The molecule has 0 saturated heterocycles. The van der Waals surface area contributed by atoms with Crippen molar-refractivity contribution >= 4 is 17.8 Å². The van der Waals surface area contributed by atoms with Crippen LogP contribution in [0.4, 0.5) is 5.69 Å². The van der Waals surface area contributed by atoms with Gasteiger partial charge in [-0.25, -0.2) is 5.43 Å². The molecular formula is C20H25N3O2. The van der Waals surface area contributed by atoms with Crippen LogP contribution in [0.5, 0.6) is 0 Å². The molecule has 1 aromatic carbocycles. The van der Waals surface area contributed by atoms with Gasteiger partial charge in [0.1, 0.15) is 11.5 Å². The number of nitrogens with one attached hydrogen (secondary N) is 1. The van der Waals surface area contributed by atoms with Crippen LogP contribution in [0, 0.1) is 5.92 Å². The molecule has 25 heavy (non-hydrogen) atoms. The van der Waals surface area contributed by atoms with Crippen molar-refractivity contribution in [1.82, 2.24) is 5.43 Å². The van der Waals surface area contributed by atoms with E-state index >= 15 is 0 Å². The maximum absolute atomic E-state index is 12.2. The van der Waals surface area contributed by atoms with E-state index in [0.29, 0.717) is 23.2 Å². The lowest BCUT2D eigenvalue weighted by molar-refractivity contribution is 0.0955. The Morgan fingerprint density at radius 3 is 2.52 bits per heavy atom. The summed E-state index contributed by atoms with van der Waals surface area (Å²) in [5.41, 5.74) is 4.24. The number of hydrogen-bond acceptors (Lipinski definition) is 4. The standard InChI is InChI=1S/C20H25N3O2/c1-4-23(5-2)16-8-6-15(7-9-16)20(24)22-21-13-17-10-11-19(25-17)18-12-14(18)3/h6-11,13-14,18H,4-5,12H2,1-3H3,(H,22,24)/b21-13-/t14-,18-/m1/s1. The molecule has 0 bridgehead atoms. The number of amides is 1. The van der Waals surface area contributed by atoms with E-state index in [0.717, 1.165) is 24.5 Å². The predicted molar refractivity (Wildman–Crippen MR) is 100 cm³/mol. The fraction of sp³-hybridized carbons (Fsp3) is 0.400. The van der Waals surface area contributed by atoms with Crippen molar-refractivity contribution in [2.75, 3.05) is 18.0 Å². The molecule has 1 saturated carbocycles. The predicted octanol–water partition coefficient (Wildman–Crippen LogP) is 4.01. The van der Waals surface area contributed by atoms with E-state index in [-0.39, 0.29) is 5.91 Å². The van der Waals surface area contributed by atoms with Gasteiger partial charge in [-0.2, -0.15) is 5.10 Å². The number of anilines is 1. The molecule has 132 valence electrons. The molecule has 3 rings (SSSR count). The molecule has 2 atom stereocenters. The second-order valence-electron chi connectivity index (χ2n) is 6.48. The minimum absolute atomic E-state index is 0.232. The van der Waals surface area contributed by atoms with Gasteiger partial charge in [0.15, 0.2) is 0 Å². The van der Waals surface area contributed by atoms with Crippen LogP contribution in [0.15, 0.2) is 45.9 Å². The molecule has 0 unspecified atom stereocenters. The zero-order valence-corrected chi connectivity index (χ0v) is 15.0. The Labute approximate surface area is 148 Å². The second kappa shape index (κ2) is 7.55. The molecule has 5 nitrogen and oxygen atoms in total. The van der Waals surface area contributed by atoms with E-state index in [4.69, 9.17) is 4.42 Å². The molecule has 1 aliphatic rings. The number of carbonyl (C=O) groups excluding carboxylic acids is 1. The molecular weight excluding hydrogens is 314 g/mol. The Balaban J connectivity index is 1.56. The first-order valence-corrected chi connectivity index (χ1v) is 8.90. The first kappa shape index (κ1) is 17.3. The fourth-order valence-corrected chi connectivity index (χ4v) is 2.99. The Bertz CT molecular complexity index is 745. The molecule has 2 aromatic rings. The van der Waals surface area contributed by atoms with Crippen LogP contribution in [0.25, 0.3) is 0 Å². The lowest BCUT2D eigenvalue weighted by atomic mass is 10.2. The Hall–Kier alpha value is -2.56. The summed E-state index contributed by atoms with van der Waals surface area (Å²) in [5, 5.41) is 3.99. The van der Waals surface area contributed by atoms with Crippen molar-refractivity contribution in [1.29, 1.82) is 0 Å². The number of furan rings is 1. The van der Waals surface area contributed by atoms with Gasteiger partial charge in [0.2, 0.25) is 0 Å². The Morgan fingerprint density at radius 1 is 1.24 bits per heavy atom. The van der Waals surface area contributed by atoms with Crippen LogP contribution in [0.3, 0.4) is 0 Å². The average Bonchev–Trinajstić information content (AvgIpc) is 3.17. The van der Waals surface area contributed by atoms with Gasteiger partial charge >= 0.3 is 0 Å². The van der Waals surface area contributed by atoms with Crippen LogP contribution >= 0.6 is 0 Å². The minimum atomic E-state index is -0.232. The highest BCUT2D eigenvalue weighted by molar-refractivity contribution is 5.95. The normalized spacial score (nSPS) is 19.2.